The molecule has 0 bridgehead atoms. The van der Waals surface area contributed by atoms with Gasteiger partial charge in [0.25, 0.3) is 0 Å². The Kier molecular flexibility index (Phi) is 1.65. The van der Waals surface area contributed by atoms with Gasteiger partial charge in [0.1, 0.15) is 11.8 Å². The lowest BCUT2D eigenvalue weighted by Crippen LogP contribution is -1.80. The second kappa shape index (κ2) is 2.46. The minimum atomic E-state index is -0.943. The Morgan fingerprint density at radius 2 is 1.91 bits per heavy atom. The molecule has 0 unspecified atom stereocenters. The van der Waals surface area contributed by atoms with Crippen LogP contribution in [0.1, 0.15) is 5.56 Å². The van der Waals surface area contributed by atoms with Crippen LogP contribution in [0.2, 0.25) is 0 Å². The molecule has 0 heterocycles. The van der Waals surface area contributed by atoms with Crippen LogP contribution >= 0.6 is 0 Å². The number of hydrogen-bond donors (Lipinski definition) is 2. The predicted octanol–water partition coefficient (Wildman–Crippen LogP) is 1.11. The van der Waals surface area contributed by atoms with Crippen molar-refractivity contribution in [2.45, 2.75) is 0 Å². The van der Waals surface area contributed by atoms with Crippen molar-refractivity contribution < 1.29 is 14.6 Å². The summed E-state index contributed by atoms with van der Waals surface area (Å²) < 4.78 is 12.4. The van der Waals surface area contributed by atoms with Gasteiger partial charge in [-0.2, -0.15) is 5.26 Å². The summed E-state index contributed by atoms with van der Waals surface area (Å²) in [5.41, 5.74) is -0.149. The van der Waals surface area contributed by atoms with Gasteiger partial charge in [-0.05, 0) is 0 Å². The quantitative estimate of drug-likeness (QED) is 0.548. The summed E-state index contributed by atoms with van der Waals surface area (Å²) in [5, 5.41) is 25.9. The van der Waals surface area contributed by atoms with Gasteiger partial charge in [-0.3, -0.25) is 0 Å². The van der Waals surface area contributed by atoms with E-state index in [0.29, 0.717) is 6.07 Å². The number of hydrogen-bond acceptors (Lipinski definition) is 3. The SMILES string of the molecule is N#Cc1cc(O)c(F)cc1O. The lowest BCUT2D eigenvalue weighted by Gasteiger charge is -1.97. The Hall–Kier alpha value is -1.76. The van der Waals surface area contributed by atoms with Crippen molar-refractivity contribution in [1.82, 2.24) is 0 Å². The Morgan fingerprint density at radius 1 is 1.27 bits per heavy atom. The average Bonchev–Trinajstić information content (AvgIpc) is 1.97. The zero-order valence-corrected chi connectivity index (χ0v) is 5.37. The Balaban J connectivity index is 3.35. The first-order chi connectivity index (χ1) is 5.15. The molecule has 0 aliphatic carbocycles. The standard InChI is InChI=1S/C7H4FNO2/c8-5-2-6(10)4(3-9)1-7(5)11/h1-2,10-11H. The van der Waals surface area contributed by atoms with Crippen LogP contribution in [0.3, 0.4) is 0 Å². The second-order valence-electron chi connectivity index (χ2n) is 1.93. The highest BCUT2D eigenvalue weighted by Crippen LogP contribution is 2.24. The number of phenols is 2. The molecule has 3 nitrogen and oxygen atoms in total. The molecule has 56 valence electrons. The summed E-state index contributed by atoms with van der Waals surface area (Å²) >= 11 is 0. The molecule has 1 aromatic rings. The monoisotopic (exact) mass is 153 g/mol. The van der Waals surface area contributed by atoms with Crippen LogP contribution in [-0.4, -0.2) is 10.2 Å². The van der Waals surface area contributed by atoms with Crippen molar-refractivity contribution in [3.63, 3.8) is 0 Å². The molecule has 0 atom stereocenters. The molecular formula is C7H4FNO2. The first-order valence-electron chi connectivity index (χ1n) is 2.76. The number of halogens is 1. The van der Waals surface area contributed by atoms with Crippen LogP contribution in [-0.2, 0) is 0 Å². The van der Waals surface area contributed by atoms with E-state index in [2.05, 4.69) is 0 Å². The van der Waals surface area contributed by atoms with Crippen LogP contribution in [0, 0.1) is 17.1 Å². The summed E-state index contributed by atoms with van der Waals surface area (Å²) in [5.74, 6) is -2.05. The fourth-order valence-electron chi connectivity index (χ4n) is 0.641. The Labute approximate surface area is 61.9 Å². The molecule has 0 amide bonds. The van der Waals surface area contributed by atoms with Crippen molar-refractivity contribution in [3.05, 3.63) is 23.5 Å². The molecule has 0 aliphatic rings. The maximum Gasteiger partial charge on any atom is 0.168 e. The normalized spacial score (nSPS) is 9.09. The van der Waals surface area contributed by atoms with Crippen LogP contribution < -0.4 is 0 Å². The minimum Gasteiger partial charge on any atom is -0.506 e. The molecule has 1 rings (SSSR count). The minimum absolute atomic E-state index is 0.149. The van der Waals surface area contributed by atoms with Gasteiger partial charge in [0.2, 0.25) is 0 Å². The summed E-state index contributed by atoms with van der Waals surface area (Å²) in [6.45, 7) is 0. The number of aromatic hydroxyl groups is 2. The number of nitriles is 1. The number of phenolic OH excluding ortho intramolecular Hbond substituents is 2. The van der Waals surface area contributed by atoms with E-state index < -0.39 is 17.3 Å². The van der Waals surface area contributed by atoms with E-state index in [0.717, 1.165) is 6.07 Å². The molecule has 1 aromatic carbocycles. The van der Waals surface area contributed by atoms with E-state index in [1.807, 2.05) is 0 Å². The smallest absolute Gasteiger partial charge is 0.168 e. The van der Waals surface area contributed by atoms with Gasteiger partial charge < -0.3 is 10.2 Å². The third kappa shape index (κ3) is 1.22. The van der Waals surface area contributed by atoms with Crippen molar-refractivity contribution in [3.8, 4) is 17.6 Å². The Morgan fingerprint density at radius 3 is 2.45 bits per heavy atom. The van der Waals surface area contributed by atoms with Gasteiger partial charge in [0.05, 0.1) is 5.56 Å². The zero-order chi connectivity index (χ0) is 8.43. The van der Waals surface area contributed by atoms with Gasteiger partial charge in [0, 0.05) is 12.1 Å². The summed E-state index contributed by atoms with van der Waals surface area (Å²) in [7, 11) is 0. The largest absolute Gasteiger partial charge is 0.506 e. The lowest BCUT2D eigenvalue weighted by atomic mass is 10.2. The fourth-order valence-corrected chi connectivity index (χ4v) is 0.641. The highest BCUT2D eigenvalue weighted by atomic mass is 19.1. The predicted molar refractivity (Wildman–Crippen MR) is 34.4 cm³/mol. The molecule has 11 heavy (non-hydrogen) atoms. The molecule has 0 aliphatic heterocycles. The van der Waals surface area contributed by atoms with Gasteiger partial charge in [-0.25, -0.2) is 4.39 Å². The summed E-state index contributed by atoms with van der Waals surface area (Å²) in [6, 6.07) is 3.14. The molecule has 4 heteroatoms. The number of benzene rings is 1. The highest BCUT2D eigenvalue weighted by molar-refractivity contribution is 5.46. The topological polar surface area (TPSA) is 64.2 Å². The van der Waals surface area contributed by atoms with Gasteiger partial charge in [-0.15, -0.1) is 0 Å². The molecule has 0 radical (unpaired) electrons. The molecular weight excluding hydrogens is 149 g/mol. The molecule has 0 saturated carbocycles. The Bertz CT molecular complexity index is 330. The molecule has 0 fully saturated rings. The van der Waals surface area contributed by atoms with Crippen molar-refractivity contribution in [2.75, 3.05) is 0 Å². The summed E-state index contributed by atoms with van der Waals surface area (Å²) in [6.07, 6.45) is 0. The number of rotatable bonds is 0. The number of nitrogens with zero attached hydrogens (tertiary/aromatic N) is 1. The average molecular weight is 153 g/mol. The maximum atomic E-state index is 12.4. The van der Waals surface area contributed by atoms with Gasteiger partial charge in [-0.1, -0.05) is 0 Å². The van der Waals surface area contributed by atoms with Crippen LogP contribution in [0.15, 0.2) is 12.1 Å². The van der Waals surface area contributed by atoms with Crippen molar-refractivity contribution in [2.24, 2.45) is 0 Å². The third-order valence-electron chi connectivity index (χ3n) is 1.19. The van der Waals surface area contributed by atoms with E-state index >= 15 is 0 Å². The van der Waals surface area contributed by atoms with E-state index in [-0.39, 0.29) is 5.56 Å². The van der Waals surface area contributed by atoms with Crippen molar-refractivity contribution in [1.29, 1.82) is 5.26 Å². The zero-order valence-electron chi connectivity index (χ0n) is 5.37. The first kappa shape index (κ1) is 7.35. The van der Waals surface area contributed by atoms with E-state index in [4.69, 9.17) is 15.5 Å². The molecule has 2 N–H and O–H groups in total. The second-order valence-corrected chi connectivity index (χ2v) is 1.93. The summed E-state index contributed by atoms with van der Waals surface area (Å²) in [4.78, 5) is 0. The fraction of sp³-hybridized carbons (Fsp3) is 0. The van der Waals surface area contributed by atoms with Gasteiger partial charge >= 0.3 is 0 Å². The van der Waals surface area contributed by atoms with E-state index in [9.17, 15) is 4.39 Å². The first-order valence-corrected chi connectivity index (χ1v) is 2.76. The van der Waals surface area contributed by atoms with E-state index in [1.165, 1.54) is 0 Å². The van der Waals surface area contributed by atoms with Crippen LogP contribution in [0.5, 0.6) is 11.5 Å². The third-order valence-corrected chi connectivity index (χ3v) is 1.19. The van der Waals surface area contributed by atoms with Gasteiger partial charge in [0.15, 0.2) is 11.6 Å². The van der Waals surface area contributed by atoms with E-state index in [1.54, 1.807) is 6.07 Å². The maximum absolute atomic E-state index is 12.4. The van der Waals surface area contributed by atoms with Crippen LogP contribution in [0.25, 0.3) is 0 Å². The van der Waals surface area contributed by atoms with Crippen molar-refractivity contribution >= 4 is 0 Å². The lowest BCUT2D eigenvalue weighted by molar-refractivity contribution is 0.420. The molecule has 0 saturated heterocycles. The molecule has 0 spiro atoms. The van der Waals surface area contributed by atoms with Crippen LogP contribution in [0.4, 0.5) is 4.39 Å². The highest BCUT2D eigenvalue weighted by Gasteiger charge is 2.06. The molecule has 0 aromatic heterocycles.